The first kappa shape index (κ1) is 23.0. The molecule has 2 aliphatic rings. The molecule has 0 aliphatic carbocycles. The summed E-state index contributed by atoms with van der Waals surface area (Å²) in [7, 11) is 0. The third-order valence-electron chi connectivity index (χ3n) is 8.60. The zero-order valence-electron chi connectivity index (χ0n) is 22.3. The largest absolute Gasteiger partial charge is 0.337 e. The summed E-state index contributed by atoms with van der Waals surface area (Å²) >= 11 is 0. The second kappa shape index (κ2) is 9.39. The second-order valence-corrected chi connectivity index (χ2v) is 10.9. The molecule has 1 heteroatoms. The molecule has 190 valence electrons. The summed E-state index contributed by atoms with van der Waals surface area (Å²) in [5.74, 6) is 0. The maximum absolute atomic E-state index is 2.59. The molecule has 0 bridgehead atoms. The van der Waals surface area contributed by atoms with E-state index in [1.165, 1.54) is 67.0 Å². The van der Waals surface area contributed by atoms with Crippen molar-refractivity contribution in [3.05, 3.63) is 157 Å². The van der Waals surface area contributed by atoms with Crippen LogP contribution in [0, 0.1) is 0 Å². The fourth-order valence-electron chi connectivity index (χ4n) is 6.80. The predicted molar refractivity (Wildman–Crippen MR) is 168 cm³/mol. The molecule has 6 aromatic rings. The molecule has 0 unspecified atom stereocenters. The van der Waals surface area contributed by atoms with Gasteiger partial charge in [0.25, 0.3) is 0 Å². The smallest absolute Gasteiger partial charge is 0.0447 e. The monoisotopic (exact) mass is 511 g/mol. The number of hydrogen-bond donors (Lipinski definition) is 0. The summed E-state index contributed by atoms with van der Waals surface area (Å²) in [4.78, 5) is 2.59. The molecule has 0 radical (unpaired) electrons. The Kier molecular flexibility index (Phi) is 5.41. The Morgan fingerprint density at radius 2 is 0.750 bits per heavy atom. The van der Waals surface area contributed by atoms with Crippen molar-refractivity contribution in [2.45, 2.75) is 18.9 Å². The van der Waals surface area contributed by atoms with Crippen molar-refractivity contribution in [3.8, 4) is 44.5 Å². The Hall–Kier alpha value is -4.88. The average Bonchev–Trinajstić information content (AvgIpc) is 3.57. The normalized spacial score (nSPS) is 13.7. The summed E-state index contributed by atoms with van der Waals surface area (Å²) in [6.45, 7) is 0. The fourth-order valence-corrected chi connectivity index (χ4v) is 6.80. The van der Waals surface area contributed by atoms with E-state index in [4.69, 9.17) is 0 Å². The molecule has 40 heavy (non-hydrogen) atoms. The molecule has 2 aliphatic heterocycles. The lowest BCUT2D eigenvalue weighted by Gasteiger charge is -2.21. The van der Waals surface area contributed by atoms with E-state index >= 15 is 0 Å². The Morgan fingerprint density at radius 3 is 1.18 bits per heavy atom. The third kappa shape index (κ3) is 3.78. The standard InChI is InChI=1S/C39H29N/c1-3-11-27(12-4-1)34-15-7-9-17-36(34)29-19-21-38-31(23-29)25-33-26-32-24-30(20-22-39(32)40(33)38)37-18-10-8-16-35(37)28-13-5-2-6-14-28/h1-24,33H,25-26H2. The Bertz CT molecular complexity index is 1720. The van der Waals surface area contributed by atoms with Crippen LogP contribution in [0.3, 0.4) is 0 Å². The van der Waals surface area contributed by atoms with Crippen molar-refractivity contribution in [1.29, 1.82) is 0 Å². The molecule has 2 heterocycles. The highest BCUT2D eigenvalue weighted by molar-refractivity contribution is 5.88. The van der Waals surface area contributed by atoms with Gasteiger partial charge in [0.2, 0.25) is 0 Å². The molecular weight excluding hydrogens is 482 g/mol. The van der Waals surface area contributed by atoms with Gasteiger partial charge in [-0.05, 0) is 92.7 Å². The minimum atomic E-state index is 0.490. The SMILES string of the molecule is c1ccc(-c2ccccc2-c2ccc3c(c2)CC2Cc4cc(-c5ccccc5-c5ccccc5)ccc4N32)cc1. The van der Waals surface area contributed by atoms with Crippen LogP contribution in [0.15, 0.2) is 146 Å². The minimum absolute atomic E-state index is 0.490. The highest BCUT2D eigenvalue weighted by atomic mass is 15.2. The summed E-state index contributed by atoms with van der Waals surface area (Å²) in [5, 5.41) is 0. The van der Waals surface area contributed by atoms with Crippen molar-refractivity contribution in [3.63, 3.8) is 0 Å². The fraction of sp³-hybridized carbons (Fsp3) is 0.0769. The molecule has 0 atom stereocenters. The lowest BCUT2D eigenvalue weighted by atomic mass is 9.92. The number of anilines is 2. The van der Waals surface area contributed by atoms with Gasteiger partial charge in [0.15, 0.2) is 0 Å². The van der Waals surface area contributed by atoms with E-state index in [2.05, 4.69) is 150 Å². The van der Waals surface area contributed by atoms with Crippen LogP contribution in [0.4, 0.5) is 11.4 Å². The molecule has 0 spiro atoms. The molecule has 0 amide bonds. The molecule has 6 aromatic carbocycles. The number of rotatable bonds is 4. The van der Waals surface area contributed by atoms with Crippen molar-refractivity contribution < 1.29 is 0 Å². The summed E-state index contributed by atoms with van der Waals surface area (Å²) in [6.07, 6.45) is 2.17. The van der Waals surface area contributed by atoms with E-state index in [1.54, 1.807) is 0 Å². The van der Waals surface area contributed by atoms with Gasteiger partial charge in [-0.2, -0.15) is 0 Å². The van der Waals surface area contributed by atoms with Crippen LogP contribution in [-0.4, -0.2) is 6.04 Å². The Labute approximate surface area is 236 Å². The van der Waals surface area contributed by atoms with Crippen LogP contribution in [0.2, 0.25) is 0 Å². The molecule has 1 nitrogen and oxygen atoms in total. The van der Waals surface area contributed by atoms with Gasteiger partial charge in [0, 0.05) is 17.4 Å². The first-order chi connectivity index (χ1) is 19.8. The van der Waals surface area contributed by atoms with Gasteiger partial charge in [0.1, 0.15) is 0 Å². The average molecular weight is 512 g/mol. The predicted octanol–water partition coefficient (Wildman–Crippen LogP) is 9.97. The first-order valence-corrected chi connectivity index (χ1v) is 14.2. The molecule has 0 N–H and O–H groups in total. The van der Waals surface area contributed by atoms with Crippen molar-refractivity contribution in [1.82, 2.24) is 0 Å². The topological polar surface area (TPSA) is 3.24 Å². The van der Waals surface area contributed by atoms with Gasteiger partial charge < -0.3 is 4.90 Å². The summed E-state index contributed by atoms with van der Waals surface area (Å²) in [5.41, 5.74) is 15.9. The van der Waals surface area contributed by atoms with Crippen LogP contribution in [0.25, 0.3) is 44.5 Å². The van der Waals surface area contributed by atoms with Crippen molar-refractivity contribution >= 4 is 11.4 Å². The van der Waals surface area contributed by atoms with Gasteiger partial charge in [-0.15, -0.1) is 0 Å². The Morgan fingerprint density at radius 1 is 0.375 bits per heavy atom. The number of nitrogens with zero attached hydrogens (tertiary/aromatic N) is 1. The van der Waals surface area contributed by atoms with Crippen LogP contribution >= 0.6 is 0 Å². The van der Waals surface area contributed by atoms with Crippen LogP contribution in [0.5, 0.6) is 0 Å². The van der Waals surface area contributed by atoms with Crippen LogP contribution in [-0.2, 0) is 12.8 Å². The first-order valence-electron chi connectivity index (χ1n) is 14.2. The van der Waals surface area contributed by atoms with Crippen molar-refractivity contribution in [2.75, 3.05) is 4.90 Å². The van der Waals surface area contributed by atoms with Gasteiger partial charge in [0.05, 0.1) is 0 Å². The molecule has 0 saturated heterocycles. The Balaban J connectivity index is 1.14. The lowest BCUT2D eigenvalue weighted by Crippen LogP contribution is -2.22. The van der Waals surface area contributed by atoms with Gasteiger partial charge >= 0.3 is 0 Å². The minimum Gasteiger partial charge on any atom is -0.337 e. The third-order valence-corrected chi connectivity index (χ3v) is 8.60. The van der Waals surface area contributed by atoms with E-state index in [9.17, 15) is 0 Å². The highest BCUT2D eigenvalue weighted by Gasteiger charge is 2.37. The molecule has 0 aromatic heterocycles. The van der Waals surface area contributed by atoms with Crippen molar-refractivity contribution in [2.24, 2.45) is 0 Å². The van der Waals surface area contributed by atoms with E-state index in [0.717, 1.165) is 12.8 Å². The van der Waals surface area contributed by atoms with Gasteiger partial charge in [-0.1, -0.05) is 121 Å². The van der Waals surface area contributed by atoms with Crippen LogP contribution in [0.1, 0.15) is 11.1 Å². The maximum Gasteiger partial charge on any atom is 0.0447 e. The van der Waals surface area contributed by atoms with E-state index in [-0.39, 0.29) is 0 Å². The van der Waals surface area contributed by atoms with E-state index < -0.39 is 0 Å². The second-order valence-electron chi connectivity index (χ2n) is 10.9. The van der Waals surface area contributed by atoms with E-state index in [1.807, 2.05) is 0 Å². The lowest BCUT2D eigenvalue weighted by molar-refractivity contribution is 0.725. The molecule has 8 rings (SSSR count). The van der Waals surface area contributed by atoms with Crippen LogP contribution < -0.4 is 4.90 Å². The molecule has 0 saturated carbocycles. The summed E-state index contributed by atoms with van der Waals surface area (Å²) < 4.78 is 0. The zero-order valence-corrected chi connectivity index (χ0v) is 22.3. The zero-order chi connectivity index (χ0) is 26.5. The quantitative estimate of drug-likeness (QED) is 0.228. The number of hydrogen-bond acceptors (Lipinski definition) is 1. The molecular formula is C39H29N. The van der Waals surface area contributed by atoms with Gasteiger partial charge in [-0.3, -0.25) is 0 Å². The maximum atomic E-state index is 2.59. The summed E-state index contributed by atoms with van der Waals surface area (Å²) in [6, 6.07) is 53.7. The molecule has 0 fully saturated rings. The van der Waals surface area contributed by atoms with Gasteiger partial charge in [-0.25, -0.2) is 0 Å². The number of fused-ring (bicyclic) bond motifs is 5. The van der Waals surface area contributed by atoms with E-state index in [0.29, 0.717) is 6.04 Å². The highest BCUT2D eigenvalue weighted by Crippen LogP contribution is 2.48. The number of benzene rings is 6.